The van der Waals surface area contributed by atoms with E-state index in [1.165, 1.54) is 0 Å². The summed E-state index contributed by atoms with van der Waals surface area (Å²) in [6.07, 6.45) is 1.49. The number of nitrogens with one attached hydrogen (secondary N) is 2. The average Bonchev–Trinajstić information content (AvgIpc) is 2.90. The van der Waals surface area contributed by atoms with E-state index in [1.54, 1.807) is 12.1 Å². The molecule has 1 fully saturated rings. The lowest BCUT2D eigenvalue weighted by molar-refractivity contribution is -0.141. The van der Waals surface area contributed by atoms with Gasteiger partial charge in [-0.25, -0.2) is 0 Å². The highest BCUT2D eigenvalue weighted by molar-refractivity contribution is 6.39. The fourth-order valence-electron chi connectivity index (χ4n) is 2.41. The molecule has 1 saturated carbocycles. The molecule has 0 bridgehead atoms. The fraction of sp³-hybridized carbons (Fsp3) is 0.400. The van der Waals surface area contributed by atoms with Gasteiger partial charge in [0.15, 0.2) is 0 Å². The van der Waals surface area contributed by atoms with Crippen LogP contribution in [-0.2, 0) is 14.4 Å². The second-order valence-electron chi connectivity index (χ2n) is 5.34. The van der Waals surface area contributed by atoms with E-state index in [0.717, 1.165) is 5.56 Å². The Labute approximate surface area is 122 Å². The number of anilines is 1. The first kappa shape index (κ1) is 15.0. The number of carboxylic acids is 1. The van der Waals surface area contributed by atoms with Gasteiger partial charge in [0.25, 0.3) is 0 Å². The summed E-state index contributed by atoms with van der Waals surface area (Å²) >= 11 is 0. The average molecular weight is 290 g/mol. The van der Waals surface area contributed by atoms with E-state index in [4.69, 9.17) is 5.11 Å². The molecule has 2 rings (SSSR count). The smallest absolute Gasteiger partial charge is 0.313 e. The van der Waals surface area contributed by atoms with E-state index in [2.05, 4.69) is 10.6 Å². The van der Waals surface area contributed by atoms with Crippen molar-refractivity contribution in [3.63, 3.8) is 0 Å². The van der Waals surface area contributed by atoms with Crippen LogP contribution in [0.4, 0.5) is 5.69 Å². The molecule has 112 valence electrons. The number of amides is 2. The van der Waals surface area contributed by atoms with Gasteiger partial charge in [-0.15, -0.1) is 0 Å². The van der Waals surface area contributed by atoms with E-state index in [-0.39, 0.29) is 6.04 Å². The SMILES string of the molecule is Cc1ccc(NC(=O)C(=O)N[C@H]2CC[C@@H](C(=O)O)C2)cc1. The molecule has 3 N–H and O–H groups in total. The zero-order chi connectivity index (χ0) is 15.4. The van der Waals surface area contributed by atoms with Crippen molar-refractivity contribution in [2.24, 2.45) is 5.92 Å². The number of carbonyl (C=O) groups excluding carboxylic acids is 2. The lowest BCUT2D eigenvalue weighted by atomic mass is 10.1. The molecule has 0 aliphatic heterocycles. The highest BCUT2D eigenvalue weighted by Crippen LogP contribution is 2.25. The number of hydrogen-bond acceptors (Lipinski definition) is 3. The number of hydrogen-bond donors (Lipinski definition) is 3. The predicted molar refractivity (Wildman–Crippen MR) is 76.7 cm³/mol. The Bertz CT molecular complexity index is 553. The molecule has 1 aromatic rings. The van der Waals surface area contributed by atoms with Crippen molar-refractivity contribution in [3.8, 4) is 0 Å². The van der Waals surface area contributed by atoms with Crippen molar-refractivity contribution in [1.82, 2.24) is 5.32 Å². The Hall–Kier alpha value is -2.37. The number of aryl methyl sites for hydroxylation is 1. The molecule has 2 amide bonds. The molecular formula is C15H18N2O4. The Morgan fingerprint density at radius 1 is 1.10 bits per heavy atom. The molecule has 0 unspecified atom stereocenters. The van der Waals surface area contributed by atoms with Crippen LogP contribution in [0.15, 0.2) is 24.3 Å². The van der Waals surface area contributed by atoms with E-state index in [1.807, 2.05) is 19.1 Å². The Kier molecular flexibility index (Phi) is 4.57. The molecule has 1 aliphatic rings. The lowest BCUT2D eigenvalue weighted by Crippen LogP contribution is -2.41. The van der Waals surface area contributed by atoms with E-state index in [0.29, 0.717) is 24.9 Å². The maximum atomic E-state index is 11.8. The monoisotopic (exact) mass is 290 g/mol. The highest BCUT2D eigenvalue weighted by atomic mass is 16.4. The third kappa shape index (κ3) is 4.05. The summed E-state index contributed by atoms with van der Waals surface area (Å²) in [6.45, 7) is 1.93. The molecule has 6 heteroatoms. The molecule has 2 atom stereocenters. The second-order valence-corrected chi connectivity index (χ2v) is 5.34. The normalized spacial score (nSPS) is 20.8. The third-order valence-corrected chi connectivity index (χ3v) is 3.63. The predicted octanol–water partition coefficient (Wildman–Crippen LogP) is 1.30. The van der Waals surface area contributed by atoms with E-state index < -0.39 is 23.7 Å². The summed E-state index contributed by atoms with van der Waals surface area (Å²) < 4.78 is 0. The maximum absolute atomic E-state index is 11.8. The summed E-state index contributed by atoms with van der Waals surface area (Å²) in [5, 5.41) is 14.0. The van der Waals surface area contributed by atoms with Crippen LogP contribution in [0, 0.1) is 12.8 Å². The van der Waals surface area contributed by atoms with Gasteiger partial charge in [-0.1, -0.05) is 17.7 Å². The first-order valence-electron chi connectivity index (χ1n) is 6.87. The molecule has 6 nitrogen and oxygen atoms in total. The first-order valence-corrected chi connectivity index (χ1v) is 6.87. The topological polar surface area (TPSA) is 95.5 Å². The fourth-order valence-corrected chi connectivity index (χ4v) is 2.41. The first-order chi connectivity index (χ1) is 9.95. The Morgan fingerprint density at radius 2 is 1.76 bits per heavy atom. The van der Waals surface area contributed by atoms with Crippen LogP contribution in [-0.4, -0.2) is 28.9 Å². The molecule has 1 aromatic carbocycles. The minimum absolute atomic E-state index is 0.248. The summed E-state index contributed by atoms with van der Waals surface area (Å²) in [6, 6.07) is 6.86. The van der Waals surface area contributed by atoms with Crippen LogP contribution < -0.4 is 10.6 Å². The van der Waals surface area contributed by atoms with Crippen molar-refractivity contribution < 1.29 is 19.5 Å². The van der Waals surface area contributed by atoms with Crippen LogP contribution in [0.2, 0.25) is 0 Å². The standard InChI is InChI=1S/C15H18N2O4/c1-9-2-5-11(6-3-9)16-13(18)14(19)17-12-7-4-10(8-12)15(20)21/h2-3,5-6,10,12H,4,7-8H2,1H3,(H,16,18)(H,17,19)(H,20,21)/t10-,12+/m1/s1. The molecule has 0 heterocycles. The van der Waals surface area contributed by atoms with Crippen LogP contribution in [0.3, 0.4) is 0 Å². The Morgan fingerprint density at radius 3 is 2.33 bits per heavy atom. The zero-order valence-electron chi connectivity index (χ0n) is 11.8. The minimum atomic E-state index is -0.851. The summed E-state index contributed by atoms with van der Waals surface area (Å²) in [5.41, 5.74) is 1.61. The van der Waals surface area contributed by atoms with Crippen LogP contribution in [0.25, 0.3) is 0 Å². The van der Waals surface area contributed by atoms with Gasteiger partial charge < -0.3 is 15.7 Å². The number of carboxylic acid groups (broad SMARTS) is 1. The van der Waals surface area contributed by atoms with E-state index >= 15 is 0 Å². The summed E-state index contributed by atoms with van der Waals surface area (Å²) in [4.78, 5) is 34.4. The van der Waals surface area contributed by atoms with Crippen molar-refractivity contribution in [2.75, 3.05) is 5.32 Å². The van der Waals surface area contributed by atoms with Gasteiger partial charge in [0.2, 0.25) is 0 Å². The molecule has 1 aliphatic carbocycles. The molecule has 0 aromatic heterocycles. The Balaban J connectivity index is 1.84. The third-order valence-electron chi connectivity index (χ3n) is 3.63. The van der Waals surface area contributed by atoms with Gasteiger partial charge in [0, 0.05) is 11.7 Å². The number of aliphatic carboxylic acids is 1. The van der Waals surface area contributed by atoms with Gasteiger partial charge in [0.05, 0.1) is 5.92 Å². The van der Waals surface area contributed by atoms with Crippen LogP contribution >= 0.6 is 0 Å². The summed E-state index contributed by atoms with van der Waals surface area (Å²) in [7, 11) is 0. The van der Waals surface area contributed by atoms with Crippen molar-refractivity contribution >= 4 is 23.5 Å². The molecule has 0 spiro atoms. The highest BCUT2D eigenvalue weighted by Gasteiger charge is 2.31. The largest absolute Gasteiger partial charge is 0.481 e. The zero-order valence-corrected chi connectivity index (χ0v) is 11.8. The van der Waals surface area contributed by atoms with Gasteiger partial charge in [0.1, 0.15) is 0 Å². The molecule has 0 radical (unpaired) electrons. The van der Waals surface area contributed by atoms with Gasteiger partial charge in [-0.3, -0.25) is 14.4 Å². The lowest BCUT2D eigenvalue weighted by Gasteiger charge is -2.12. The number of benzene rings is 1. The number of carbonyl (C=O) groups is 3. The van der Waals surface area contributed by atoms with E-state index in [9.17, 15) is 14.4 Å². The van der Waals surface area contributed by atoms with Gasteiger partial charge in [-0.05, 0) is 38.3 Å². The van der Waals surface area contributed by atoms with Crippen molar-refractivity contribution in [1.29, 1.82) is 0 Å². The maximum Gasteiger partial charge on any atom is 0.313 e. The van der Waals surface area contributed by atoms with Crippen molar-refractivity contribution in [3.05, 3.63) is 29.8 Å². The second kappa shape index (κ2) is 6.39. The van der Waals surface area contributed by atoms with Crippen LogP contribution in [0.5, 0.6) is 0 Å². The van der Waals surface area contributed by atoms with Crippen LogP contribution in [0.1, 0.15) is 24.8 Å². The summed E-state index contributed by atoms with van der Waals surface area (Å²) in [5.74, 6) is -2.75. The van der Waals surface area contributed by atoms with Gasteiger partial charge in [-0.2, -0.15) is 0 Å². The molecule has 0 saturated heterocycles. The molecule has 21 heavy (non-hydrogen) atoms. The van der Waals surface area contributed by atoms with Gasteiger partial charge >= 0.3 is 17.8 Å². The van der Waals surface area contributed by atoms with Crippen molar-refractivity contribution in [2.45, 2.75) is 32.2 Å². The minimum Gasteiger partial charge on any atom is -0.481 e. The number of rotatable bonds is 3. The quantitative estimate of drug-likeness (QED) is 0.731. The molecular weight excluding hydrogens is 272 g/mol.